The predicted octanol–water partition coefficient (Wildman–Crippen LogP) is 12.8. The Balaban J connectivity index is 1.08. The molecule has 0 radical (unpaired) electrons. The fourth-order valence-electron chi connectivity index (χ4n) is 8.63. The number of pyridine rings is 1. The fraction of sp³-hybridized carbons (Fsp3) is 0. The van der Waals surface area contributed by atoms with Crippen LogP contribution in [-0.2, 0) is 0 Å². The van der Waals surface area contributed by atoms with Crippen molar-refractivity contribution in [3.8, 4) is 45.7 Å². The van der Waals surface area contributed by atoms with Crippen LogP contribution >= 0.6 is 0 Å². The number of aromatic nitrogens is 6. The first-order chi connectivity index (χ1) is 28.7. The highest BCUT2D eigenvalue weighted by molar-refractivity contribution is 6.19. The third kappa shape index (κ3) is 5.12. The lowest BCUT2D eigenvalue weighted by Crippen LogP contribution is -2.02. The average molecular weight is 741 g/mol. The van der Waals surface area contributed by atoms with Crippen molar-refractivity contribution >= 4 is 65.2 Å². The van der Waals surface area contributed by atoms with Gasteiger partial charge in [0.05, 0.1) is 22.1 Å². The molecule has 6 nitrogen and oxygen atoms in total. The van der Waals surface area contributed by atoms with Crippen LogP contribution < -0.4 is 0 Å². The van der Waals surface area contributed by atoms with Crippen LogP contribution in [0.5, 0.6) is 0 Å². The van der Waals surface area contributed by atoms with E-state index < -0.39 is 0 Å². The van der Waals surface area contributed by atoms with Crippen LogP contribution in [0.2, 0.25) is 0 Å². The van der Waals surface area contributed by atoms with Crippen LogP contribution in [0.25, 0.3) is 111 Å². The Labute approximate surface area is 333 Å². The Morgan fingerprint density at radius 3 is 1.40 bits per heavy atom. The zero-order valence-electron chi connectivity index (χ0n) is 31.2. The number of benzene rings is 8. The molecule has 270 valence electrons. The van der Waals surface area contributed by atoms with Crippen molar-refractivity contribution in [3.05, 3.63) is 194 Å². The van der Waals surface area contributed by atoms with Crippen molar-refractivity contribution in [2.24, 2.45) is 0 Å². The van der Waals surface area contributed by atoms with Gasteiger partial charge in [-0.2, -0.15) is 0 Å². The number of fused-ring (bicyclic) bond motifs is 8. The molecule has 0 atom stereocenters. The summed E-state index contributed by atoms with van der Waals surface area (Å²) < 4.78 is 4.64. The maximum absolute atomic E-state index is 5.16. The molecule has 4 aromatic heterocycles. The van der Waals surface area contributed by atoms with Crippen molar-refractivity contribution in [2.75, 3.05) is 0 Å². The molecule has 0 unspecified atom stereocenters. The standard InChI is InChI=1S/C52H32N6/c1-2-16-40(17-3-1)57-45-20-10-8-18-41(45)43-31-44-42-19-9-11-21-46(42)58(48(44)32-47(43)57)49-30-39(26-27-53-49)52-55-50(37-24-22-33-12-4-6-14-35(33)28-37)54-51(56-52)38-25-23-34-13-5-7-15-36(34)29-38/h1-32H. The minimum Gasteiger partial charge on any atom is -0.309 e. The Bertz CT molecular complexity index is 3480. The lowest BCUT2D eigenvalue weighted by molar-refractivity contribution is 1.05. The molecule has 6 heteroatoms. The zero-order valence-corrected chi connectivity index (χ0v) is 31.2. The van der Waals surface area contributed by atoms with E-state index in [2.05, 4.69) is 191 Å². The first-order valence-corrected chi connectivity index (χ1v) is 19.5. The van der Waals surface area contributed by atoms with Gasteiger partial charge in [0.1, 0.15) is 5.82 Å². The highest BCUT2D eigenvalue weighted by Crippen LogP contribution is 2.40. The summed E-state index contributed by atoms with van der Waals surface area (Å²) in [5.74, 6) is 2.60. The Kier molecular flexibility index (Phi) is 7.13. The lowest BCUT2D eigenvalue weighted by atomic mass is 10.1. The van der Waals surface area contributed by atoms with Crippen molar-refractivity contribution in [1.82, 2.24) is 29.1 Å². The Hall–Kier alpha value is -7.96. The molecule has 0 aliphatic rings. The van der Waals surface area contributed by atoms with Gasteiger partial charge in [-0.05, 0) is 82.2 Å². The van der Waals surface area contributed by atoms with E-state index in [-0.39, 0.29) is 0 Å². The molecule has 0 aliphatic carbocycles. The van der Waals surface area contributed by atoms with Crippen molar-refractivity contribution in [1.29, 1.82) is 0 Å². The van der Waals surface area contributed by atoms with E-state index in [1.54, 1.807) is 0 Å². The largest absolute Gasteiger partial charge is 0.309 e. The van der Waals surface area contributed by atoms with Gasteiger partial charge in [0.15, 0.2) is 17.5 Å². The summed E-state index contributed by atoms with van der Waals surface area (Å²) in [4.78, 5) is 20.5. The van der Waals surface area contributed by atoms with Crippen LogP contribution in [-0.4, -0.2) is 29.1 Å². The third-order valence-corrected chi connectivity index (χ3v) is 11.4. The second kappa shape index (κ2) is 12.8. The molecule has 0 amide bonds. The van der Waals surface area contributed by atoms with E-state index >= 15 is 0 Å². The second-order valence-electron chi connectivity index (χ2n) is 14.8. The van der Waals surface area contributed by atoms with Crippen molar-refractivity contribution in [3.63, 3.8) is 0 Å². The highest BCUT2D eigenvalue weighted by Gasteiger charge is 2.20. The molecule has 0 spiro atoms. The van der Waals surface area contributed by atoms with Gasteiger partial charge in [0, 0.05) is 50.1 Å². The molecule has 0 N–H and O–H groups in total. The van der Waals surface area contributed by atoms with Crippen LogP contribution in [0, 0.1) is 0 Å². The number of rotatable bonds is 5. The summed E-state index contributed by atoms with van der Waals surface area (Å²) in [6, 6.07) is 66.1. The average Bonchev–Trinajstić information content (AvgIpc) is 3.80. The van der Waals surface area contributed by atoms with E-state index in [0.29, 0.717) is 17.5 Å². The molecule has 12 rings (SSSR count). The van der Waals surface area contributed by atoms with Crippen LogP contribution in [0.1, 0.15) is 0 Å². The molecule has 0 bridgehead atoms. The summed E-state index contributed by atoms with van der Waals surface area (Å²) in [5, 5.41) is 9.37. The first-order valence-electron chi connectivity index (χ1n) is 19.5. The summed E-state index contributed by atoms with van der Waals surface area (Å²) in [5.41, 5.74) is 8.29. The van der Waals surface area contributed by atoms with E-state index in [1.165, 1.54) is 37.8 Å². The van der Waals surface area contributed by atoms with Gasteiger partial charge in [-0.1, -0.05) is 127 Å². The van der Waals surface area contributed by atoms with Crippen LogP contribution in [0.15, 0.2) is 194 Å². The SMILES string of the molecule is c1ccc(-n2c3ccccc3c3cc4c5ccccc5n(-c5cc(-c6nc(-c7ccc8ccccc8c7)nc(-c7ccc8ccccc8c7)n6)ccn5)c4cc32)cc1. The smallest absolute Gasteiger partial charge is 0.164 e. The normalized spacial score (nSPS) is 11.8. The molecule has 4 heterocycles. The third-order valence-electron chi connectivity index (χ3n) is 11.4. The molecule has 12 aromatic rings. The molecule has 8 aromatic carbocycles. The molecular formula is C52H32N6. The predicted molar refractivity (Wildman–Crippen MR) is 238 cm³/mol. The second-order valence-corrected chi connectivity index (χ2v) is 14.8. The Morgan fingerprint density at radius 1 is 0.310 bits per heavy atom. The van der Waals surface area contributed by atoms with Gasteiger partial charge < -0.3 is 4.57 Å². The van der Waals surface area contributed by atoms with Crippen LogP contribution in [0.3, 0.4) is 0 Å². The van der Waals surface area contributed by atoms with E-state index in [0.717, 1.165) is 55.5 Å². The van der Waals surface area contributed by atoms with Crippen molar-refractivity contribution in [2.45, 2.75) is 0 Å². The summed E-state index contributed by atoms with van der Waals surface area (Å²) in [7, 11) is 0. The summed E-state index contributed by atoms with van der Waals surface area (Å²) in [6.07, 6.45) is 1.86. The van der Waals surface area contributed by atoms with E-state index in [1.807, 2.05) is 12.3 Å². The minimum absolute atomic E-state index is 0.581. The fourth-order valence-corrected chi connectivity index (χ4v) is 8.63. The number of hydrogen-bond donors (Lipinski definition) is 0. The molecule has 0 fully saturated rings. The topological polar surface area (TPSA) is 61.4 Å². The maximum atomic E-state index is 5.16. The van der Waals surface area contributed by atoms with Gasteiger partial charge in [0.25, 0.3) is 0 Å². The maximum Gasteiger partial charge on any atom is 0.164 e. The minimum atomic E-state index is 0.581. The van der Waals surface area contributed by atoms with Gasteiger partial charge in [-0.15, -0.1) is 0 Å². The summed E-state index contributed by atoms with van der Waals surface area (Å²) in [6.45, 7) is 0. The number of nitrogens with zero attached hydrogens (tertiary/aromatic N) is 6. The lowest BCUT2D eigenvalue weighted by Gasteiger charge is -2.12. The molecule has 58 heavy (non-hydrogen) atoms. The quantitative estimate of drug-likeness (QED) is 0.176. The van der Waals surface area contributed by atoms with Gasteiger partial charge in [-0.3, -0.25) is 4.57 Å². The van der Waals surface area contributed by atoms with E-state index in [9.17, 15) is 0 Å². The first kappa shape index (κ1) is 32.3. The molecule has 0 aliphatic heterocycles. The summed E-state index contributed by atoms with van der Waals surface area (Å²) >= 11 is 0. The molecule has 0 saturated heterocycles. The van der Waals surface area contributed by atoms with Gasteiger partial charge >= 0.3 is 0 Å². The van der Waals surface area contributed by atoms with Gasteiger partial charge in [-0.25, -0.2) is 19.9 Å². The van der Waals surface area contributed by atoms with Crippen LogP contribution in [0.4, 0.5) is 0 Å². The number of para-hydroxylation sites is 3. The highest BCUT2D eigenvalue weighted by atomic mass is 15.1. The van der Waals surface area contributed by atoms with E-state index in [4.69, 9.17) is 19.9 Å². The zero-order chi connectivity index (χ0) is 38.2. The van der Waals surface area contributed by atoms with Gasteiger partial charge in [0.2, 0.25) is 0 Å². The van der Waals surface area contributed by atoms with Crippen molar-refractivity contribution < 1.29 is 0 Å². The molecular weight excluding hydrogens is 709 g/mol. The number of hydrogen-bond acceptors (Lipinski definition) is 4. The molecule has 0 saturated carbocycles. The Morgan fingerprint density at radius 2 is 0.793 bits per heavy atom. The monoisotopic (exact) mass is 740 g/mol.